The fraction of sp³-hybridized carbons (Fsp3) is 1.00. The van der Waals surface area contributed by atoms with E-state index in [-0.39, 0.29) is 5.92 Å². The number of rotatable bonds is 2. The van der Waals surface area contributed by atoms with E-state index in [9.17, 15) is 8.42 Å². The topological polar surface area (TPSA) is 57.9 Å². The summed E-state index contributed by atoms with van der Waals surface area (Å²) in [6.07, 6.45) is 5.18. The maximum absolute atomic E-state index is 10.9. The highest BCUT2D eigenvalue weighted by Crippen LogP contribution is 2.29. The van der Waals surface area contributed by atoms with E-state index < -0.39 is 15.2 Å². The zero-order chi connectivity index (χ0) is 8.48. The minimum Gasteiger partial charge on any atom is -0.238 e. The Balaban J connectivity index is 2.60. The molecule has 0 saturated heterocycles. The van der Waals surface area contributed by atoms with Gasteiger partial charge in [-0.1, -0.05) is 12.8 Å². The summed E-state index contributed by atoms with van der Waals surface area (Å²) in [5.74, 6) is 0.102. The summed E-state index contributed by atoms with van der Waals surface area (Å²) in [4.78, 5) is 0. The van der Waals surface area contributed by atoms with Crippen molar-refractivity contribution in [3.8, 4) is 0 Å². The van der Waals surface area contributed by atoms with Gasteiger partial charge in [0.1, 0.15) is 5.37 Å². The van der Waals surface area contributed by atoms with E-state index >= 15 is 0 Å². The zero-order valence-corrected chi connectivity index (χ0v) is 7.52. The van der Waals surface area contributed by atoms with Crippen molar-refractivity contribution < 1.29 is 8.42 Å². The molecular formula is C7H14NO2S. The molecule has 1 N–H and O–H groups in total. The van der Waals surface area contributed by atoms with Gasteiger partial charge < -0.3 is 0 Å². The quantitative estimate of drug-likeness (QED) is 0.625. The van der Waals surface area contributed by atoms with E-state index in [4.69, 9.17) is 5.73 Å². The summed E-state index contributed by atoms with van der Waals surface area (Å²) in [6, 6.07) is 0. The lowest BCUT2D eigenvalue weighted by molar-refractivity contribution is 0.486. The maximum Gasteiger partial charge on any atom is 0.164 e. The average molecular weight is 176 g/mol. The second-order valence-corrected chi connectivity index (χ2v) is 5.46. The smallest absolute Gasteiger partial charge is 0.164 e. The van der Waals surface area contributed by atoms with Crippen molar-refractivity contribution in [2.24, 2.45) is 5.92 Å². The Bertz CT molecular complexity index is 217. The van der Waals surface area contributed by atoms with E-state index in [1.165, 1.54) is 0 Å². The van der Waals surface area contributed by atoms with Crippen molar-refractivity contribution in [2.45, 2.75) is 31.1 Å². The van der Waals surface area contributed by atoms with Crippen LogP contribution in [0.5, 0.6) is 0 Å². The predicted octanol–water partition coefficient (Wildman–Crippen LogP) is 0.830. The minimum absolute atomic E-state index is 0.102. The molecule has 0 spiro atoms. The van der Waals surface area contributed by atoms with Gasteiger partial charge in [-0.25, -0.2) is 14.2 Å². The Morgan fingerprint density at radius 1 is 1.36 bits per heavy atom. The largest absolute Gasteiger partial charge is 0.238 e. The van der Waals surface area contributed by atoms with Gasteiger partial charge in [0.2, 0.25) is 0 Å². The maximum atomic E-state index is 10.9. The highest BCUT2D eigenvalue weighted by molar-refractivity contribution is 7.91. The van der Waals surface area contributed by atoms with Crippen molar-refractivity contribution in [1.82, 2.24) is 5.73 Å². The molecule has 1 fully saturated rings. The van der Waals surface area contributed by atoms with E-state index in [2.05, 4.69) is 0 Å². The van der Waals surface area contributed by atoms with Crippen molar-refractivity contribution >= 4 is 9.84 Å². The zero-order valence-electron chi connectivity index (χ0n) is 6.71. The third-order valence-corrected chi connectivity index (χ3v) is 3.60. The lowest BCUT2D eigenvalue weighted by Crippen LogP contribution is -2.28. The molecule has 0 amide bonds. The third-order valence-electron chi connectivity index (χ3n) is 2.29. The summed E-state index contributed by atoms with van der Waals surface area (Å²) < 4.78 is 21.9. The van der Waals surface area contributed by atoms with E-state index in [1.807, 2.05) is 0 Å². The van der Waals surface area contributed by atoms with Crippen LogP contribution in [0.2, 0.25) is 0 Å². The second kappa shape index (κ2) is 3.11. The van der Waals surface area contributed by atoms with Crippen LogP contribution in [0.3, 0.4) is 0 Å². The molecule has 65 valence electrons. The molecule has 1 aliphatic rings. The average Bonchev–Trinajstić information content (AvgIpc) is 2.34. The van der Waals surface area contributed by atoms with Crippen molar-refractivity contribution in [3.05, 3.63) is 0 Å². The first-order valence-electron chi connectivity index (χ1n) is 3.92. The second-order valence-electron chi connectivity index (χ2n) is 3.29. The Morgan fingerprint density at radius 3 is 2.18 bits per heavy atom. The fourth-order valence-electron chi connectivity index (χ4n) is 1.61. The lowest BCUT2D eigenvalue weighted by atomic mass is 10.1. The number of nitrogens with one attached hydrogen (secondary N) is 1. The summed E-state index contributed by atoms with van der Waals surface area (Å²) in [6.45, 7) is 0. The van der Waals surface area contributed by atoms with Crippen LogP contribution >= 0.6 is 0 Å². The van der Waals surface area contributed by atoms with E-state index in [0.717, 1.165) is 31.9 Å². The summed E-state index contributed by atoms with van der Waals surface area (Å²) in [7, 11) is -3.12. The molecule has 1 saturated carbocycles. The molecule has 11 heavy (non-hydrogen) atoms. The van der Waals surface area contributed by atoms with Gasteiger partial charge in [-0.2, -0.15) is 0 Å². The summed E-state index contributed by atoms with van der Waals surface area (Å²) in [5, 5.41) is -0.870. The van der Waals surface area contributed by atoms with Gasteiger partial charge in [-0.3, -0.25) is 0 Å². The van der Waals surface area contributed by atoms with Crippen molar-refractivity contribution in [2.75, 3.05) is 6.26 Å². The van der Waals surface area contributed by atoms with E-state index in [1.54, 1.807) is 0 Å². The van der Waals surface area contributed by atoms with Gasteiger partial charge in [-0.15, -0.1) is 0 Å². The minimum atomic E-state index is -3.12. The van der Waals surface area contributed by atoms with Crippen LogP contribution in [0.15, 0.2) is 0 Å². The Hall–Kier alpha value is -0.0900. The first-order chi connectivity index (χ1) is 5.02. The molecule has 1 rings (SSSR count). The first kappa shape index (κ1) is 9.00. The standard InChI is InChI=1S/C7H14NO2S/c1-11(9,10)7(8)6-4-2-3-5-6/h6-8H,2-5H2,1H3. The molecule has 1 radical (unpaired) electrons. The highest BCUT2D eigenvalue weighted by atomic mass is 32.2. The van der Waals surface area contributed by atoms with Crippen LogP contribution in [0.25, 0.3) is 0 Å². The molecule has 1 aliphatic carbocycles. The lowest BCUT2D eigenvalue weighted by Gasteiger charge is -2.14. The van der Waals surface area contributed by atoms with Crippen LogP contribution in [-0.2, 0) is 9.84 Å². The number of sulfone groups is 1. The molecule has 0 aromatic rings. The SMILES string of the molecule is CS(=O)(=O)C([NH])C1CCCC1. The van der Waals surface area contributed by atoms with Crippen LogP contribution in [0.4, 0.5) is 0 Å². The molecule has 3 nitrogen and oxygen atoms in total. The summed E-state index contributed by atoms with van der Waals surface area (Å²) >= 11 is 0. The molecule has 0 aliphatic heterocycles. The van der Waals surface area contributed by atoms with Crippen LogP contribution in [0, 0.1) is 5.92 Å². The first-order valence-corrected chi connectivity index (χ1v) is 5.87. The van der Waals surface area contributed by atoms with Gasteiger partial charge >= 0.3 is 0 Å². The fourth-order valence-corrected chi connectivity index (χ4v) is 2.58. The third kappa shape index (κ3) is 2.17. The number of hydrogen-bond acceptors (Lipinski definition) is 2. The van der Waals surface area contributed by atoms with Crippen LogP contribution in [-0.4, -0.2) is 20.0 Å². The van der Waals surface area contributed by atoms with E-state index in [0.29, 0.717) is 0 Å². The Morgan fingerprint density at radius 2 is 1.82 bits per heavy atom. The van der Waals surface area contributed by atoms with Crippen molar-refractivity contribution in [3.63, 3.8) is 0 Å². The molecule has 0 heterocycles. The van der Waals surface area contributed by atoms with Crippen molar-refractivity contribution in [1.29, 1.82) is 0 Å². The van der Waals surface area contributed by atoms with Gasteiger partial charge in [0.25, 0.3) is 0 Å². The molecule has 1 atom stereocenters. The van der Waals surface area contributed by atoms with Crippen LogP contribution < -0.4 is 5.73 Å². The number of hydrogen-bond donors (Lipinski definition) is 0. The molecule has 0 aromatic heterocycles. The molecule has 0 bridgehead atoms. The molecular weight excluding hydrogens is 162 g/mol. The normalized spacial score (nSPS) is 23.8. The Labute approximate surface area is 67.9 Å². The van der Waals surface area contributed by atoms with Crippen LogP contribution in [0.1, 0.15) is 25.7 Å². The molecule has 0 aromatic carbocycles. The molecule has 4 heteroatoms. The monoisotopic (exact) mass is 176 g/mol. The highest BCUT2D eigenvalue weighted by Gasteiger charge is 2.29. The predicted molar refractivity (Wildman–Crippen MR) is 43.7 cm³/mol. The van der Waals surface area contributed by atoms with Gasteiger partial charge in [-0.05, 0) is 18.8 Å². The van der Waals surface area contributed by atoms with Gasteiger partial charge in [0, 0.05) is 6.26 Å². The van der Waals surface area contributed by atoms with Gasteiger partial charge in [0.05, 0.1) is 0 Å². The summed E-state index contributed by atoms with van der Waals surface area (Å²) in [5.41, 5.74) is 7.43. The van der Waals surface area contributed by atoms with Gasteiger partial charge in [0.15, 0.2) is 9.84 Å². The Kier molecular flexibility index (Phi) is 2.54. The molecule has 1 unspecified atom stereocenters.